The number of aryl methyl sites for hydroxylation is 1. The Morgan fingerprint density at radius 1 is 1.19 bits per heavy atom. The van der Waals surface area contributed by atoms with E-state index in [9.17, 15) is 4.79 Å². The number of nitrogens with one attached hydrogen (secondary N) is 1. The summed E-state index contributed by atoms with van der Waals surface area (Å²) < 4.78 is 5.30. The molecule has 0 atom stereocenters. The van der Waals surface area contributed by atoms with Crippen molar-refractivity contribution in [2.45, 2.75) is 6.92 Å². The van der Waals surface area contributed by atoms with Gasteiger partial charge >= 0.3 is 0 Å². The number of rotatable bonds is 4. The smallest absolute Gasteiger partial charge is 0.239 e. The van der Waals surface area contributed by atoms with E-state index in [1.807, 2.05) is 25.4 Å². The molecule has 0 saturated carbocycles. The zero-order valence-corrected chi connectivity index (χ0v) is 15.3. The summed E-state index contributed by atoms with van der Waals surface area (Å²) in [5, 5.41) is 4.83. The molecule has 26 heavy (non-hydrogen) atoms. The summed E-state index contributed by atoms with van der Waals surface area (Å²) in [6.45, 7) is 5.23. The van der Waals surface area contributed by atoms with Crippen LogP contribution in [0.5, 0.6) is 0 Å². The first-order valence-corrected chi connectivity index (χ1v) is 9.27. The van der Waals surface area contributed by atoms with Crippen molar-refractivity contribution in [1.29, 1.82) is 0 Å². The number of thiazole rings is 1. The van der Waals surface area contributed by atoms with Crippen LogP contribution < -0.4 is 5.32 Å². The van der Waals surface area contributed by atoms with E-state index in [1.165, 1.54) is 0 Å². The summed E-state index contributed by atoms with van der Waals surface area (Å²) in [4.78, 5) is 28.5. The van der Waals surface area contributed by atoms with Crippen molar-refractivity contribution < 1.29 is 9.53 Å². The number of aromatic nitrogens is 3. The highest BCUT2D eigenvalue weighted by Crippen LogP contribution is 2.28. The minimum atomic E-state index is -0.0686. The van der Waals surface area contributed by atoms with Crippen molar-refractivity contribution in [3.05, 3.63) is 35.7 Å². The largest absolute Gasteiger partial charge is 0.379 e. The van der Waals surface area contributed by atoms with Gasteiger partial charge in [-0.3, -0.25) is 14.7 Å². The van der Waals surface area contributed by atoms with Gasteiger partial charge in [0.25, 0.3) is 0 Å². The number of hydrogen-bond acceptors (Lipinski definition) is 7. The fourth-order valence-electron chi connectivity index (χ4n) is 2.87. The van der Waals surface area contributed by atoms with Crippen LogP contribution >= 0.6 is 11.3 Å². The Balaban J connectivity index is 1.51. The molecule has 134 valence electrons. The molecule has 8 heteroatoms. The van der Waals surface area contributed by atoms with E-state index in [2.05, 4.69) is 31.2 Å². The molecule has 4 heterocycles. The number of morpholine rings is 1. The summed E-state index contributed by atoms with van der Waals surface area (Å²) in [6, 6.07) is 3.91. The molecule has 1 saturated heterocycles. The molecule has 0 bridgehead atoms. The molecular formula is C18H19N5O2S. The Morgan fingerprint density at radius 3 is 2.81 bits per heavy atom. The van der Waals surface area contributed by atoms with Crippen LogP contribution in [0.25, 0.3) is 21.3 Å². The molecule has 3 aromatic rings. The van der Waals surface area contributed by atoms with Gasteiger partial charge in [0.1, 0.15) is 5.82 Å². The number of anilines is 1. The zero-order valence-electron chi connectivity index (χ0n) is 14.4. The number of nitrogens with zero attached hydrogens (tertiary/aromatic N) is 4. The first-order chi connectivity index (χ1) is 12.7. The SMILES string of the molecule is Cc1ncc(-c2cnc3cnc(NC(=O)CN4CCOCC4)cc3c2)s1. The van der Waals surface area contributed by atoms with Crippen LogP contribution in [-0.4, -0.2) is 58.6 Å². The minimum Gasteiger partial charge on any atom is -0.379 e. The monoisotopic (exact) mass is 369 g/mol. The number of hydrogen-bond donors (Lipinski definition) is 1. The number of ether oxygens (including phenoxy) is 1. The molecule has 4 rings (SSSR count). The fourth-order valence-corrected chi connectivity index (χ4v) is 3.63. The number of amides is 1. The van der Waals surface area contributed by atoms with Gasteiger partial charge in [0.2, 0.25) is 5.91 Å². The van der Waals surface area contributed by atoms with E-state index in [4.69, 9.17) is 4.74 Å². The second-order valence-corrected chi connectivity index (χ2v) is 7.40. The average Bonchev–Trinajstić information content (AvgIpc) is 3.08. The van der Waals surface area contributed by atoms with Crippen molar-refractivity contribution in [2.75, 3.05) is 38.2 Å². The third-order valence-electron chi connectivity index (χ3n) is 4.21. The second kappa shape index (κ2) is 7.45. The maximum absolute atomic E-state index is 12.3. The lowest BCUT2D eigenvalue weighted by molar-refractivity contribution is -0.118. The Bertz CT molecular complexity index is 936. The molecule has 1 amide bonds. The Labute approximate surface area is 155 Å². The first kappa shape index (κ1) is 17.0. The molecule has 0 aliphatic carbocycles. The Hall–Kier alpha value is -2.42. The fraction of sp³-hybridized carbons (Fsp3) is 0.333. The molecule has 3 aromatic heterocycles. The van der Waals surface area contributed by atoms with Crippen molar-refractivity contribution in [3.63, 3.8) is 0 Å². The highest BCUT2D eigenvalue weighted by Gasteiger charge is 2.14. The van der Waals surface area contributed by atoms with Crippen LogP contribution in [0.3, 0.4) is 0 Å². The van der Waals surface area contributed by atoms with Crippen LogP contribution in [0, 0.1) is 6.92 Å². The van der Waals surface area contributed by atoms with Crippen molar-refractivity contribution in [3.8, 4) is 10.4 Å². The molecule has 1 N–H and O–H groups in total. The highest BCUT2D eigenvalue weighted by molar-refractivity contribution is 7.15. The van der Waals surface area contributed by atoms with Crippen LogP contribution in [0.4, 0.5) is 5.82 Å². The van der Waals surface area contributed by atoms with Crippen LogP contribution in [0.1, 0.15) is 5.01 Å². The Kier molecular flexibility index (Phi) is 4.87. The quantitative estimate of drug-likeness (QED) is 0.760. The van der Waals surface area contributed by atoms with Gasteiger partial charge in [0.05, 0.1) is 41.4 Å². The van der Waals surface area contributed by atoms with Gasteiger partial charge in [0, 0.05) is 36.4 Å². The number of pyridine rings is 2. The summed E-state index contributed by atoms with van der Waals surface area (Å²) >= 11 is 1.63. The van der Waals surface area contributed by atoms with Crippen molar-refractivity contribution >= 4 is 34.0 Å². The average molecular weight is 369 g/mol. The molecule has 7 nitrogen and oxygen atoms in total. The van der Waals surface area contributed by atoms with Crippen molar-refractivity contribution in [2.24, 2.45) is 0 Å². The Morgan fingerprint density at radius 2 is 2.04 bits per heavy atom. The number of carbonyl (C=O) groups is 1. The van der Waals surface area contributed by atoms with E-state index in [1.54, 1.807) is 17.5 Å². The third-order valence-corrected chi connectivity index (χ3v) is 5.17. The van der Waals surface area contributed by atoms with Gasteiger partial charge in [-0.05, 0) is 19.1 Å². The molecule has 0 spiro atoms. The summed E-state index contributed by atoms with van der Waals surface area (Å²) in [7, 11) is 0. The highest BCUT2D eigenvalue weighted by atomic mass is 32.1. The first-order valence-electron chi connectivity index (χ1n) is 8.46. The standard InChI is InChI=1S/C18H19N5O2S/c1-12-19-10-16(26-12)14-6-13-7-17(21-9-15(13)20-8-14)22-18(24)11-23-2-4-25-5-3-23/h6-10H,2-5,11H2,1H3,(H,21,22,24). The van der Waals surface area contributed by atoms with Gasteiger partial charge < -0.3 is 10.1 Å². The van der Waals surface area contributed by atoms with Gasteiger partial charge in [-0.25, -0.2) is 9.97 Å². The lowest BCUT2D eigenvalue weighted by atomic mass is 10.2. The molecular weight excluding hydrogens is 350 g/mol. The van der Waals surface area contributed by atoms with Crippen molar-refractivity contribution in [1.82, 2.24) is 19.9 Å². The molecule has 0 unspecified atom stereocenters. The van der Waals surface area contributed by atoms with E-state index in [-0.39, 0.29) is 5.91 Å². The molecule has 0 radical (unpaired) electrons. The summed E-state index contributed by atoms with van der Waals surface area (Å²) in [5.41, 5.74) is 1.81. The predicted molar refractivity (Wildman–Crippen MR) is 101 cm³/mol. The van der Waals surface area contributed by atoms with E-state index in [0.717, 1.165) is 39.4 Å². The number of carbonyl (C=O) groups excluding carboxylic acids is 1. The topological polar surface area (TPSA) is 80.2 Å². The van der Waals surface area contributed by atoms with Gasteiger partial charge in [-0.15, -0.1) is 11.3 Å². The second-order valence-electron chi connectivity index (χ2n) is 6.17. The lowest BCUT2D eigenvalue weighted by Gasteiger charge is -2.25. The van der Waals surface area contributed by atoms with Crippen LogP contribution in [-0.2, 0) is 9.53 Å². The van der Waals surface area contributed by atoms with Crippen LogP contribution in [0.15, 0.2) is 30.7 Å². The minimum absolute atomic E-state index is 0.0686. The van der Waals surface area contributed by atoms with Gasteiger partial charge in [-0.2, -0.15) is 0 Å². The zero-order chi connectivity index (χ0) is 17.9. The van der Waals surface area contributed by atoms with Gasteiger partial charge in [0.15, 0.2) is 0 Å². The maximum Gasteiger partial charge on any atom is 0.239 e. The van der Waals surface area contributed by atoms with E-state index < -0.39 is 0 Å². The summed E-state index contributed by atoms with van der Waals surface area (Å²) in [5.74, 6) is 0.469. The summed E-state index contributed by atoms with van der Waals surface area (Å²) in [6.07, 6.45) is 5.37. The van der Waals surface area contributed by atoms with E-state index in [0.29, 0.717) is 25.6 Å². The van der Waals surface area contributed by atoms with Crippen LogP contribution in [0.2, 0.25) is 0 Å². The third kappa shape index (κ3) is 3.87. The predicted octanol–water partition coefficient (Wildman–Crippen LogP) is 2.33. The lowest BCUT2D eigenvalue weighted by Crippen LogP contribution is -2.41. The van der Waals surface area contributed by atoms with Gasteiger partial charge in [-0.1, -0.05) is 0 Å². The molecule has 1 aliphatic rings. The molecule has 1 aliphatic heterocycles. The van der Waals surface area contributed by atoms with E-state index >= 15 is 0 Å². The molecule has 0 aromatic carbocycles. The normalized spacial score (nSPS) is 15.3. The maximum atomic E-state index is 12.3. The number of fused-ring (bicyclic) bond motifs is 1. The molecule has 1 fully saturated rings.